The summed E-state index contributed by atoms with van der Waals surface area (Å²) in [6.45, 7) is 5.42. The summed E-state index contributed by atoms with van der Waals surface area (Å²) < 4.78 is 0. The van der Waals surface area contributed by atoms with Crippen LogP contribution in [0.3, 0.4) is 0 Å². The highest BCUT2D eigenvalue weighted by atomic mass is 16.2. The van der Waals surface area contributed by atoms with Gasteiger partial charge in [0.2, 0.25) is 0 Å². The predicted molar refractivity (Wildman–Crippen MR) is 80.8 cm³/mol. The molecule has 2 unspecified atom stereocenters. The van der Waals surface area contributed by atoms with Crippen molar-refractivity contribution in [1.29, 1.82) is 0 Å². The van der Waals surface area contributed by atoms with Gasteiger partial charge in [-0.15, -0.1) is 0 Å². The van der Waals surface area contributed by atoms with Crippen molar-refractivity contribution < 1.29 is 9.90 Å². The van der Waals surface area contributed by atoms with Crippen molar-refractivity contribution >= 4 is 5.91 Å². The fourth-order valence-electron chi connectivity index (χ4n) is 2.56. The molecular weight excluding hydrogens is 266 g/mol. The standard InChI is InChI=1S/C16H21N3O2/c1-12-10-19(11-13(2)18(12)3)16(21)15-6-7-17-9-14(15)5-4-8-20/h6-7,9,12-13,20H,8,10-11H2,1-3H3. The van der Waals surface area contributed by atoms with Crippen molar-refractivity contribution in [2.45, 2.75) is 25.9 Å². The summed E-state index contributed by atoms with van der Waals surface area (Å²) in [5, 5.41) is 8.81. The Morgan fingerprint density at radius 2 is 2.10 bits per heavy atom. The molecule has 0 radical (unpaired) electrons. The molecule has 2 heterocycles. The van der Waals surface area contributed by atoms with Gasteiger partial charge in [0, 0.05) is 37.6 Å². The number of nitrogens with zero attached hydrogens (tertiary/aromatic N) is 3. The number of carbonyl (C=O) groups is 1. The number of pyridine rings is 1. The molecular formula is C16H21N3O2. The number of aromatic nitrogens is 1. The highest BCUT2D eigenvalue weighted by Crippen LogP contribution is 2.17. The molecule has 1 aromatic rings. The van der Waals surface area contributed by atoms with Crippen LogP contribution in [0.2, 0.25) is 0 Å². The molecule has 0 bridgehead atoms. The van der Waals surface area contributed by atoms with E-state index in [0.717, 1.165) is 0 Å². The first-order valence-electron chi connectivity index (χ1n) is 7.09. The minimum Gasteiger partial charge on any atom is -0.384 e. The average Bonchev–Trinajstić information content (AvgIpc) is 2.49. The molecule has 1 N–H and O–H groups in total. The largest absolute Gasteiger partial charge is 0.384 e. The Kier molecular flexibility index (Phi) is 4.94. The highest BCUT2D eigenvalue weighted by Gasteiger charge is 2.30. The van der Waals surface area contributed by atoms with Crippen molar-refractivity contribution in [2.24, 2.45) is 0 Å². The van der Waals surface area contributed by atoms with Crippen molar-refractivity contribution in [3.05, 3.63) is 29.6 Å². The lowest BCUT2D eigenvalue weighted by Gasteiger charge is -2.42. The molecule has 0 spiro atoms. The number of piperazine rings is 1. The van der Waals surface area contributed by atoms with Gasteiger partial charge in [-0.25, -0.2) is 0 Å². The van der Waals surface area contributed by atoms with Crippen molar-refractivity contribution in [1.82, 2.24) is 14.8 Å². The molecule has 21 heavy (non-hydrogen) atoms. The summed E-state index contributed by atoms with van der Waals surface area (Å²) in [5.74, 6) is 5.35. The Balaban J connectivity index is 2.24. The molecule has 5 nitrogen and oxygen atoms in total. The maximum atomic E-state index is 12.7. The smallest absolute Gasteiger partial charge is 0.255 e. The predicted octanol–water partition coefficient (Wildman–Crippen LogP) is 0.590. The number of likely N-dealkylation sites (N-methyl/N-ethyl adjacent to an activating group) is 1. The van der Waals surface area contributed by atoms with Crippen LogP contribution in [0, 0.1) is 11.8 Å². The molecule has 1 aliphatic heterocycles. The van der Waals surface area contributed by atoms with Gasteiger partial charge < -0.3 is 10.0 Å². The maximum Gasteiger partial charge on any atom is 0.255 e. The van der Waals surface area contributed by atoms with Gasteiger partial charge in [0.15, 0.2) is 0 Å². The van der Waals surface area contributed by atoms with Gasteiger partial charge >= 0.3 is 0 Å². The van der Waals surface area contributed by atoms with Gasteiger partial charge in [-0.1, -0.05) is 11.8 Å². The number of aliphatic hydroxyl groups excluding tert-OH is 1. The number of hydrogen-bond donors (Lipinski definition) is 1. The molecule has 0 aromatic carbocycles. The van der Waals surface area contributed by atoms with Gasteiger partial charge in [-0.05, 0) is 27.0 Å². The van der Waals surface area contributed by atoms with Gasteiger partial charge in [0.1, 0.15) is 6.61 Å². The van der Waals surface area contributed by atoms with Crippen molar-refractivity contribution in [3.63, 3.8) is 0 Å². The van der Waals surface area contributed by atoms with E-state index in [1.54, 1.807) is 18.5 Å². The Morgan fingerprint density at radius 3 is 2.71 bits per heavy atom. The van der Waals surface area contributed by atoms with Gasteiger partial charge in [0.05, 0.1) is 11.1 Å². The molecule has 112 valence electrons. The Bertz CT molecular complexity index is 564. The topological polar surface area (TPSA) is 56.7 Å². The number of carbonyl (C=O) groups excluding carboxylic acids is 1. The molecule has 0 saturated carbocycles. The average molecular weight is 287 g/mol. The van der Waals surface area contributed by atoms with Gasteiger partial charge in [0.25, 0.3) is 5.91 Å². The first-order chi connectivity index (χ1) is 10.0. The van der Waals surface area contributed by atoms with Gasteiger partial charge in [-0.3, -0.25) is 14.7 Å². The summed E-state index contributed by atoms with van der Waals surface area (Å²) in [7, 11) is 2.09. The Labute approximate surface area is 125 Å². The molecule has 2 atom stereocenters. The van der Waals surface area contributed by atoms with Crippen LogP contribution < -0.4 is 0 Å². The zero-order valence-electron chi connectivity index (χ0n) is 12.7. The third-order valence-electron chi connectivity index (χ3n) is 4.00. The van der Waals surface area contributed by atoms with Crippen LogP contribution in [-0.2, 0) is 0 Å². The lowest BCUT2D eigenvalue weighted by molar-refractivity contribution is 0.0414. The summed E-state index contributed by atoms with van der Waals surface area (Å²) in [5.41, 5.74) is 1.12. The Hall–Kier alpha value is -1.90. The second-order valence-electron chi connectivity index (χ2n) is 5.45. The zero-order valence-corrected chi connectivity index (χ0v) is 12.7. The lowest BCUT2D eigenvalue weighted by Crippen LogP contribution is -2.56. The van der Waals surface area contributed by atoms with E-state index in [1.807, 2.05) is 4.90 Å². The van der Waals surface area contributed by atoms with Crippen LogP contribution >= 0.6 is 0 Å². The van der Waals surface area contributed by atoms with Crippen LogP contribution in [0.1, 0.15) is 29.8 Å². The van der Waals surface area contributed by atoms with E-state index in [4.69, 9.17) is 5.11 Å². The molecule has 2 rings (SSSR count). The molecule has 1 aromatic heterocycles. The second-order valence-corrected chi connectivity index (χ2v) is 5.45. The van der Waals surface area contributed by atoms with E-state index in [1.165, 1.54) is 0 Å². The van der Waals surface area contributed by atoms with E-state index in [9.17, 15) is 4.79 Å². The third kappa shape index (κ3) is 3.41. The lowest BCUT2D eigenvalue weighted by atomic mass is 10.1. The quantitative estimate of drug-likeness (QED) is 0.768. The molecule has 0 aliphatic carbocycles. The summed E-state index contributed by atoms with van der Waals surface area (Å²) in [4.78, 5) is 20.9. The van der Waals surface area contributed by atoms with E-state index in [2.05, 4.69) is 42.6 Å². The van der Waals surface area contributed by atoms with Crippen LogP contribution in [0.25, 0.3) is 0 Å². The summed E-state index contributed by atoms with van der Waals surface area (Å²) >= 11 is 0. The molecule has 1 aliphatic rings. The van der Waals surface area contributed by atoms with E-state index in [0.29, 0.717) is 36.3 Å². The first-order valence-corrected chi connectivity index (χ1v) is 7.09. The first kappa shape index (κ1) is 15.5. The van der Waals surface area contributed by atoms with E-state index in [-0.39, 0.29) is 12.5 Å². The van der Waals surface area contributed by atoms with Crippen molar-refractivity contribution in [2.75, 3.05) is 26.7 Å². The van der Waals surface area contributed by atoms with Crippen LogP contribution in [0.4, 0.5) is 0 Å². The maximum absolute atomic E-state index is 12.7. The van der Waals surface area contributed by atoms with Gasteiger partial charge in [-0.2, -0.15) is 0 Å². The molecule has 1 amide bonds. The molecule has 1 saturated heterocycles. The fourth-order valence-corrected chi connectivity index (χ4v) is 2.56. The third-order valence-corrected chi connectivity index (χ3v) is 4.00. The minimum atomic E-state index is -0.231. The normalized spacial score (nSPS) is 22.6. The van der Waals surface area contributed by atoms with Crippen molar-refractivity contribution in [3.8, 4) is 11.8 Å². The highest BCUT2D eigenvalue weighted by molar-refractivity contribution is 5.96. The fraction of sp³-hybridized carbons (Fsp3) is 0.500. The number of rotatable bonds is 1. The minimum absolute atomic E-state index is 0.0218. The van der Waals surface area contributed by atoms with E-state index >= 15 is 0 Å². The molecule has 5 heteroatoms. The summed E-state index contributed by atoms with van der Waals surface area (Å²) in [6, 6.07) is 2.34. The second kappa shape index (κ2) is 6.70. The summed E-state index contributed by atoms with van der Waals surface area (Å²) in [6.07, 6.45) is 3.17. The monoisotopic (exact) mass is 287 g/mol. The van der Waals surface area contributed by atoms with Crippen LogP contribution in [-0.4, -0.2) is 64.6 Å². The Morgan fingerprint density at radius 1 is 1.43 bits per heavy atom. The number of amides is 1. The molecule has 1 fully saturated rings. The van der Waals surface area contributed by atoms with Crippen LogP contribution in [0.5, 0.6) is 0 Å². The van der Waals surface area contributed by atoms with E-state index < -0.39 is 0 Å². The number of hydrogen-bond acceptors (Lipinski definition) is 4. The number of aliphatic hydroxyl groups is 1. The SMILES string of the molecule is CC1CN(C(=O)c2ccncc2C#CCO)CC(C)N1C. The van der Waals surface area contributed by atoms with Crippen LogP contribution in [0.15, 0.2) is 18.5 Å². The zero-order chi connectivity index (χ0) is 15.4.